The molecule has 0 N–H and O–H groups in total. The van der Waals surface area contributed by atoms with Gasteiger partial charge in [-0.15, -0.1) is 0 Å². The first-order chi connectivity index (χ1) is 14.1. The SMILES string of the molecule is O=S(=O)([O-])c1ccc2nc3cc4nc5cc(S(=O)(=O)[O-])ccc5nc4cc3nc2c1.[Na+].[Na+]. The molecule has 0 bridgehead atoms. The van der Waals surface area contributed by atoms with Crippen LogP contribution in [0.5, 0.6) is 0 Å². The van der Waals surface area contributed by atoms with Gasteiger partial charge in [0.05, 0.1) is 53.9 Å². The molecule has 150 valence electrons. The van der Waals surface area contributed by atoms with Crippen molar-refractivity contribution in [3.8, 4) is 0 Å². The van der Waals surface area contributed by atoms with Gasteiger partial charge in [0.25, 0.3) is 0 Å². The molecule has 5 rings (SSSR count). The smallest absolute Gasteiger partial charge is 0.744 e. The van der Waals surface area contributed by atoms with E-state index in [1.165, 1.54) is 12.1 Å². The maximum absolute atomic E-state index is 11.2. The van der Waals surface area contributed by atoms with E-state index in [-0.39, 0.29) is 70.1 Å². The third-order valence-electron chi connectivity index (χ3n) is 4.51. The van der Waals surface area contributed by atoms with Crippen molar-refractivity contribution in [2.24, 2.45) is 0 Å². The summed E-state index contributed by atoms with van der Waals surface area (Å²) in [7, 11) is -9.25. The Balaban J connectivity index is 0.00000144. The molecule has 2 aromatic heterocycles. The number of hydrogen-bond donors (Lipinski definition) is 0. The summed E-state index contributed by atoms with van der Waals surface area (Å²) in [6, 6.07) is 10.6. The predicted octanol–water partition coefficient (Wildman–Crippen LogP) is -4.30. The normalized spacial score (nSPS) is 12.1. The first-order valence-electron chi connectivity index (χ1n) is 8.33. The molecule has 0 amide bonds. The molecule has 0 aliphatic rings. The second-order valence-corrected chi connectivity index (χ2v) is 9.25. The second kappa shape index (κ2) is 8.80. The average Bonchev–Trinajstić information content (AvgIpc) is 2.66. The maximum Gasteiger partial charge on any atom is 1.00 e. The van der Waals surface area contributed by atoms with E-state index in [0.29, 0.717) is 33.1 Å². The Morgan fingerprint density at radius 3 is 1.06 bits per heavy atom. The van der Waals surface area contributed by atoms with Gasteiger partial charge in [0.1, 0.15) is 20.2 Å². The van der Waals surface area contributed by atoms with Crippen LogP contribution in [0.15, 0.2) is 58.3 Å². The minimum Gasteiger partial charge on any atom is -0.744 e. The van der Waals surface area contributed by atoms with Crippen LogP contribution in [0.25, 0.3) is 44.1 Å². The average molecular weight is 486 g/mol. The van der Waals surface area contributed by atoms with Crippen LogP contribution in [0.2, 0.25) is 0 Å². The van der Waals surface area contributed by atoms with Gasteiger partial charge in [-0.2, -0.15) is 0 Å². The molecule has 0 aliphatic carbocycles. The Bertz CT molecular complexity index is 1630. The van der Waals surface area contributed by atoms with E-state index in [4.69, 9.17) is 0 Å². The molecular formula is C18H8N4Na2O6S2. The summed E-state index contributed by atoms with van der Waals surface area (Å²) in [6.45, 7) is 0. The van der Waals surface area contributed by atoms with E-state index in [9.17, 15) is 25.9 Å². The Labute approximate surface area is 225 Å². The molecule has 5 aromatic rings. The van der Waals surface area contributed by atoms with E-state index in [1.807, 2.05) is 0 Å². The van der Waals surface area contributed by atoms with E-state index < -0.39 is 30.0 Å². The van der Waals surface area contributed by atoms with Crippen molar-refractivity contribution in [1.29, 1.82) is 0 Å². The summed E-state index contributed by atoms with van der Waals surface area (Å²) < 4.78 is 67.5. The Hall–Kier alpha value is -1.32. The minimum absolute atomic E-state index is 0. The summed E-state index contributed by atoms with van der Waals surface area (Å²) in [4.78, 5) is 16.8. The Kier molecular flexibility index (Phi) is 6.96. The summed E-state index contributed by atoms with van der Waals surface area (Å²) in [5.41, 5.74) is 2.91. The molecule has 0 atom stereocenters. The van der Waals surface area contributed by atoms with Gasteiger partial charge in [-0.1, -0.05) is 0 Å². The van der Waals surface area contributed by atoms with Crippen LogP contribution in [0.1, 0.15) is 0 Å². The number of aromatic nitrogens is 4. The molecular weight excluding hydrogens is 478 g/mol. The fraction of sp³-hybridized carbons (Fsp3) is 0. The van der Waals surface area contributed by atoms with Crippen molar-refractivity contribution in [2.75, 3.05) is 0 Å². The topological polar surface area (TPSA) is 166 Å². The number of hydrogen-bond acceptors (Lipinski definition) is 10. The van der Waals surface area contributed by atoms with Crippen molar-refractivity contribution >= 4 is 64.4 Å². The molecule has 10 nitrogen and oxygen atoms in total. The molecule has 0 aliphatic heterocycles. The van der Waals surface area contributed by atoms with Gasteiger partial charge in [0.15, 0.2) is 0 Å². The zero-order chi connectivity index (χ0) is 21.3. The van der Waals surface area contributed by atoms with Gasteiger partial charge in [0, 0.05) is 0 Å². The van der Waals surface area contributed by atoms with Crippen LogP contribution in [-0.4, -0.2) is 45.9 Å². The zero-order valence-electron chi connectivity index (χ0n) is 16.7. The predicted molar refractivity (Wildman–Crippen MR) is 104 cm³/mol. The van der Waals surface area contributed by atoms with Gasteiger partial charge < -0.3 is 9.11 Å². The third kappa shape index (κ3) is 4.66. The number of nitrogens with zero attached hydrogens (tertiary/aromatic N) is 4. The molecule has 0 unspecified atom stereocenters. The molecule has 14 heteroatoms. The van der Waals surface area contributed by atoms with E-state index in [1.54, 1.807) is 12.1 Å². The van der Waals surface area contributed by atoms with E-state index >= 15 is 0 Å². The molecule has 0 saturated heterocycles. The van der Waals surface area contributed by atoms with E-state index in [0.717, 1.165) is 24.3 Å². The second-order valence-electron chi connectivity index (χ2n) is 6.49. The van der Waals surface area contributed by atoms with Gasteiger partial charge >= 0.3 is 59.1 Å². The van der Waals surface area contributed by atoms with Crippen molar-refractivity contribution in [2.45, 2.75) is 9.79 Å². The largest absolute Gasteiger partial charge is 1.00 e. The summed E-state index contributed by atoms with van der Waals surface area (Å²) in [5, 5.41) is 0. The van der Waals surface area contributed by atoms with Crippen LogP contribution in [0.4, 0.5) is 0 Å². The maximum atomic E-state index is 11.2. The van der Waals surface area contributed by atoms with Crippen molar-refractivity contribution in [1.82, 2.24) is 19.9 Å². The third-order valence-corrected chi connectivity index (χ3v) is 6.17. The fourth-order valence-corrected chi connectivity index (χ4v) is 4.10. The summed E-state index contributed by atoms with van der Waals surface area (Å²) in [6.07, 6.45) is 0. The molecule has 0 spiro atoms. The number of fused-ring (bicyclic) bond motifs is 4. The van der Waals surface area contributed by atoms with Crippen molar-refractivity contribution < 1.29 is 85.1 Å². The van der Waals surface area contributed by atoms with Crippen LogP contribution in [0, 0.1) is 0 Å². The van der Waals surface area contributed by atoms with Crippen molar-refractivity contribution in [3.63, 3.8) is 0 Å². The fourth-order valence-electron chi connectivity index (χ4n) is 3.12. The van der Waals surface area contributed by atoms with Gasteiger partial charge in [-0.25, -0.2) is 36.8 Å². The van der Waals surface area contributed by atoms with E-state index in [2.05, 4.69) is 19.9 Å². The first-order valence-corrected chi connectivity index (χ1v) is 11.1. The first kappa shape index (κ1) is 25.3. The standard InChI is InChI=1S/C18H10N4O6S2.2Na/c23-29(24,25)9-1-3-11-13(5-9)21-17-8-16-18(7-15(17)19-11)22-14-6-10(30(26,27)28)2-4-12(14)20-16;;/h1-8H,(H,23,24,25)(H,26,27,28);;/q;2*+1/p-2. The Morgan fingerprint density at radius 2 is 0.750 bits per heavy atom. The number of benzene rings is 3. The molecule has 2 heterocycles. The van der Waals surface area contributed by atoms with Crippen molar-refractivity contribution in [3.05, 3.63) is 48.5 Å². The van der Waals surface area contributed by atoms with Crippen LogP contribution in [0.3, 0.4) is 0 Å². The molecule has 0 fully saturated rings. The molecule has 0 radical (unpaired) electrons. The molecule has 32 heavy (non-hydrogen) atoms. The van der Waals surface area contributed by atoms with Crippen LogP contribution >= 0.6 is 0 Å². The molecule has 0 saturated carbocycles. The van der Waals surface area contributed by atoms with Gasteiger partial charge in [-0.3, -0.25) is 0 Å². The molecule has 3 aromatic carbocycles. The summed E-state index contributed by atoms with van der Waals surface area (Å²) >= 11 is 0. The quantitative estimate of drug-likeness (QED) is 0.135. The Morgan fingerprint density at radius 1 is 0.469 bits per heavy atom. The van der Waals surface area contributed by atoms with Crippen LogP contribution < -0.4 is 59.1 Å². The minimum atomic E-state index is -4.63. The monoisotopic (exact) mass is 486 g/mol. The van der Waals surface area contributed by atoms with Gasteiger partial charge in [-0.05, 0) is 48.5 Å². The zero-order valence-corrected chi connectivity index (χ0v) is 22.3. The van der Waals surface area contributed by atoms with Gasteiger partial charge in [0.2, 0.25) is 0 Å². The number of rotatable bonds is 2. The van der Waals surface area contributed by atoms with Crippen LogP contribution in [-0.2, 0) is 20.2 Å². The summed E-state index contributed by atoms with van der Waals surface area (Å²) in [5.74, 6) is 0.